The number of amides is 1. The van der Waals surface area contributed by atoms with Crippen LogP contribution in [0.5, 0.6) is 0 Å². The van der Waals surface area contributed by atoms with Crippen molar-refractivity contribution in [2.45, 2.75) is 20.3 Å². The van der Waals surface area contributed by atoms with Gasteiger partial charge in [-0.25, -0.2) is 9.59 Å². The Hall–Kier alpha value is -2.48. The average molecular weight is 307 g/mol. The molecule has 0 fully saturated rings. The summed E-state index contributed by atoms with van der Waals surface area (Å²) in [4.78, 5) is 40.5. The third-order valence-corrected chi connectivity index (χ3v) is 3.77. The number of aromatic carboxylic acids is 1. The first kappa shape index (κ1) is 14.9. The number of aromatic nitrogens is 2. The number of thiophene rings is 1. The second-order valence-corrected chi connectivity index (χ2v) is 5.34. The molecule has 2 rings (SSSR count). The maximum Gasteiger partial charge on any atom is 0.345 e. The molecule has 0 aromatic carbocycles. The van der Waals surface area contributed by atoms with Crippen LogP contribution in [0, 0.1) is 13.8 Å². The Morgan fingerprint density at radius 3 is 2.76 bits per heavy atom. The molecule has 110 valence electrons. The summed E-state index contributed by atoms with van der Waals surface area (Å²) in [5, 5.41) is 13.4. The summed E-state index contributed by atoms with van der Waals surface area (Å²) < 4.78 is 0. The molecule has 0 saturated heterocycles. The van der Waals surface area contributed by atoms with Crippen molar-refractivity contribution < 1.29 is 14.7 Å². The lowest BCUT2D eigenvalue weighted by Gasteiger charge is -2.08. The quantitative estimate of drug-likeness (QED) is 0.788. The maximum absolute atomic E-state index is 12.0. The van der Waals surface area contributed by atoms with Crippen molar-refractivity contribution in [3.05, 3.63) is 44.4 Å². The van der Waals surface area contributed by atoms with Gasteiger partial charge in [-0.1, -0.05) is 0 Å². The van der Waals surface area contributed by atoms with Crippen LogP contribution in [-0.2, 0) is 11.2 Å². The molecular formula is C13H13N3O4S. The summed E-state index contributed by atoms with van der Waals surface area (Å²) in [6, 6.07) is 1.43. The van der Waals surface area contributed by atoms with E-state index in [1.807, 2.05) is 0 Å². The van der Waals surface area contributed by atoms with Crippen molar-refractivity contribution in [1.82, 2.24) is 9.97 Å². The van der Waals surface area contributed by atoms with Crippen molar-refractivity contribution in [2.24, 2.45) is 0 Å². The molecule has 0 spiro atoms. The number of carbonyl (C=O) groups is 2. The Kier molecular flexibility index (Phi) is 4.18. The number of rotatable bonds is 4. The zero-order valence-corrected chi connectivity index (χ0v) is 12.2. The molecule has 0 bridgehead atoms. The summed E-state index contributed by atoms with van der Waals surface area (Å²) in [5.41, 5.74) is 1.28. The van der Waals surface area contributed by atoms with Gasteiger partial charge in [-0.3, -0.25) is 4.79 Å². The molecule has 1 amide bonds. The van der Waals surface area contributed by atoms with Gasteiger partial charge in [-0.15, -0.1) is 11.3 Å². The van der Waals surface area contributed by atoms with Crippen molar-refractivity contribution in [3.8, 4) is 0 Å². The van der Waals surface area contributed by atoms with Gasteiger partial charge in [0.1, 0.15) is 5.00 Å². The molecule has 2 aromatic rings. The van der Waals surface area contributed by atoms with Crippen LogP contribution < -0.4 is 11.0 Å². The zero-order chi connectivity index (χ0) is 15.6. The third-order valence-electron chi connectivity index (χ3n) is 2.94. The summed E-state index contributed by atoms with van der Waals surface area (Å²) in [6.45, 7) is 3.34. The molecule has 0 aliphatic rings. The number of H-pyrrole nitrogens is 1. The highest BCUT2D eigenvalue weighted by molar-refractivity contribution is 7.14. The molecule has 0 unspecified atom stereocenters. The molecular weight excluding hydrogens is 294 g/mol. The van der Waals surface area contributed by atoms with Crippen LogP contribution >= 0.6 is 11.3 Å². The molecule has 3 N–H and O–H groups in total. The van der Waals surface area contributed by atoms with Gasteiger partial charge >= 0.3 is 11.7 Å². The van der Waals surface area contributed by atoms with Crippen LogP contribution in [0.25, 0.3) is 0 Å². The molecule has 2 heterocycles. The van der Waals surface area contributed by atoms with Crippen LogP contribution in [0.4, 0.5) is 5.00 Å². The summed E-state index contributed by atoms with van der Waals surface area (Å²) in [5.74, 6) is -1.45. The molecule has 0 aliphatic heterocycles. The van der Waals surface area contributed by atoms with Crippen molar-refractivity contribution >= 4 is 28.2 Å². The highest BCUT2D eigenvalue weighted by Gasteiger charge is 2.16. The highest BCUT2D eigenvalue weighted by Crippen LogP contribution is 2.23. The Balaban J connectivity index is 2.18. The minimum atomic E-state index is -1.09. The predicted molar refractivity (Wildman–Crippen MR) is 77.9 cm³/mol. The van der Waals surface area contributed by atoms with Crippen molar-refractivity contribution in [1.29, 1.82) is 0 Å². The monoisotopic (exact) mass is 307 g/mol. The van der Waals surface area contributed by atoms with Gasteiger partial charge in [0.05, 0.1) is 12.0 Å². The van der Waals surface area contributed by atoms with Crippen molar-refractivity contribution in [2.75, 3.05) is 5.32 Å². The van der Waals surface area contributed by atoms with Gasteiger partial charge in [0, 0.05) is 17.0 Å². The number of nitrogens with zero attached hydrogens (tertiary/aromatic N) is 1. The first-order valence-electron chi connectivity index (χ1n) is 6.05. The normalized spacial score (nSPS) is 10.4. The second-order valence-electron chi connectivity index (χ2n) is 4.42. The van der Waals surface area contributed by atoms with Crippen LogP contribution in [0.1, 0.15) is 27.3 Å². The van der Waals surface area contributed by atoms with Crippen LogP contribution in [0.15, 0.2) is 16.2 Å². The molecule has 0 atom stereocenters. The summed E-state index contributed by atoms with van der Waals surface area (Å²) >= 11 is 1.14. The molecule has 7 nitrogen and oxygen atoms in total. The summed E-state index contributed by atoms with van der Waals surface area (Å²) in [6.07, 6.45) is 0.0123. The molecule has 0 saturated carbocycles. The number of carbonyl (C=O) groups excluding carboxylic acids is 1. The van der Waals surface area contributed by atoms with E-state index in [1.165, 1.54) is 6.07 Å². The fourth-order valence-electron chi connectivity index (χ4n) is 1.92. The van der Waals surface area contributed by atoms with Crippen molar-refractivity contribution in [3.63, 3.8) is 0 Å². The second kappa shape index (κ2) is 5.88. The molecule has 21 heavy (non-hydrogen) atoms. The lowest BCUT2D eigenvalue weighted by Crippen LogP contribution is -2.21. The van der Waals surface area contributed by atoms with E-state index in [2.05, 4.69) is 15.3 Å². The largest absolute Gasteiger partial charge is 0.478 e. The lowest BCUT2D eigenvalue weighted by atomic mass is 10.1. The van der Waals surface area contributed by atoms with Crippen LogP contribution in [0.2, 0.25) is 0 Å². The molecule has 0 aliphatic carbocycles. The minimum absolute atomic E-state index is 0.0123. The van der Waals surface area contributed by atoms with Crippen LogP contribution in [0.3, 0.4) is 0 Å². The van der Waals surface area contributed by atoms with E-state index in [0.29, 0.717) is 22.0 Å². The van der Waals surface area contributed by atoms with Gasteiger partial charge in [0.2, 0.25) is 5.91 Å². The van der Waals surface area contributed by atoms with Gasteiger partial charge in [0.25, 0.3) is 0 Å². The van der Waals surface area contributed by atoms with Gasteiger partial charge in [-0.05, 0) is 25.3 Å². The minimum Gasteiger partial charge on any atom is -0.478 e. The lowest BCUT2D eigenvalue weighted by molar-refractivity contribution is -0.115. The number of aryl methyl sites for hydroxylation is 2. The predicted octanol–water partition coefficient (Wildman–Crippen LogP) is 1.33. The Bertz CT molecular complexity index is 737. The number of carboxylic acid groups (broad SMARTS) is 1. The SMILES string of the molecule is Cc1nc(=O)[nH]c(C)c1CC(=O)Nc1sccc1C(=O)O. The van der Waals surface area contributed by atoms with Crippen LogP contribution in [-0.4, -0.2) is 27.0 Å². The molecule has 0 radical (unpaired) electrons. The average Bonchev–Trinajstić information content (AvgIpc) is 2.82. The topological polar surface area (TPSA) is 112 Å². The molecule has 2 aromatic heterocycles. The number of aromatic amines is 1. The van der Waals surface area contributed by atoms with E-state index in [1.54, 1.807) is 19.2 Å². The number of hydrogen-bond acceptors (Lipinski definition) is 5. The standard InChI is InChI=1S/C13H13N3O4S/c1-6-9(7(2)15-13(20)14-6)5-10(17)16-11-8(12(18)19)3-4-21-11/h3-4H,5H2,1-2H3,(H,16,17)(H,18,19)(H,14,15,20). The van der Waals surface area contributed by atoms with E-state index < -0.39 is 11.7 Å². The highest BCUT2D eigenvalue weighted by atomic mass is 32.1. The van der Waals surface area contributed by atoms with Gasteiger partial charge < -0.3 is 15.4 Å². The zero-order valence-electron chi connectivity index (χ0n) is 11.4. The van der Waals surface area contributed by atoms with E-state index in [4.69, 9.17) is 5.11 Å². The number of nitrogens with one attached hydrogen (secondary N) is 2. The fourth-order valence-corrected chi connectivity index (χ4v) is 2.72. The summed E-state index contributed by atoms with van der Waals surface area (Å²) in [7, 11) is 0. The number of anilines is 1. The number of carboxylic acids is 1. The van der Waals surface area contributed by atoms with E-state index in [9.17, 15) is 14.4 Å². The van der Waals surface area contributed by atoms with E-state index in [0.717, 1.165) is 11.3 Å². The van der Waals surface area contributed by atoms with Gasteiger partial charge in [-0.2, -0.15) is 4.98 Å². The Morgan fingerprint density at radius 1 is 1.43 bits per heavy atom. The smallest absolute Gasteiger partial charge is 0.345 e. The maximum atomic E-state index is 12.0. The number of hydrogen-bond donors (Lipinski definition) is 3. The Labute approximate surface area is 123 Å². The molecule has 8 heteroatoms. The van der Waals surface area contributed by atoms with E-state index >= 15 is 0 Å². The van der Waals surface area contributed by atoms with E-state index in [-0.39, 0.29) is 17.9 Å². The third kappa shape index (κ3) is 3.34. The van der Waals surface area contributed by atoms with Gasteiger partial charge in [0.15, 0.2) is 0 Å². The first-order chi connectivity index (χ1) is 9.88. The fraction of sp³-hybridized carbons (Fsp3) is 0.231. The Morgan fingerprint density at radius 2 is 2.14 bits per heavy atom. The first-order valence-corrected chi connectivity index (χ1v) is 6.93.